The average Bonchev–Trinajstić information content (AvgIpc) is 2.17. The number of carbonyl (C=O) groups is 1. The molecule has 0 bridgehead atoms. The van der Waals surface area contributed by atoms with E-state index in [2.05, 4.69) is 20.9 Å². The van der Waals surface area contributed by atoms with E-state index >= 15 is 0 Å². The summed E-state index contributed by atoms with van der Waals surface area (Å²) >= 11 is 0. The lowest BCUT2D eigenvalue weighted by molar-refractivity contribution is 0.0937. The summed E-state index contributed by atoms with van der Waals surface area (Å²) in [6, 6.07) is 3.22. The second kappa shape index (κ2) is 4.52. The van der Waals surface area contributed by atoms with Crippen LogP contribution in [0.3, 0.4) is 0 Å². The van der Waals surface area contributed by atoms with E-state index in [1.807, 2.05) is 13.8 Å². The molecule has 1 aromatic heterocycles. The summed E-state index contributed by atoms with van der Waals surface area (Å²) in [5, 5.41) is 10.1. The SMILES string of the molecule is CC(C)NC(=O)c1ccc(NN)nn1. The quantitative estimate of drug-likeness (QED) is 0.462. The van der Waals surface area contributed by atoms with E-state index in [0.29, 0.717) is 5.82 Å². The van der Waals surface area contributed by atoms with Gasteiger partial charge in [0.15, 0.2) is 11.5 Å². The Balaban J connectivity index is 2.71. The maximum Gasteiger partial charge on any atom is 0.271 e. The number of anilines is 1. The fourth-order valence-electron chi connectivity index (χ4n) is 0.866. The van der Waals surface area contributed by atoms with Gasteiger partial charge >= 0.3 is 0 Å². The summed E-state index contributed by atoms with van der Waals surface area (Å²) in [6.07, 6.45) is 0. The summed E-state index contributed by atoms with van der Waals surface area (Å²) in [5.74, 6) is 5.29. The third-order valence-electron chi connectivity index (χ3n) is 1.46. The first kappa shape index (κ1) is 10.4. The zero-order chi connectivity index (χ0) is 10.6. The number of nitrogens with two attached hydrogens (primary N) is 1. The predicted molar refractivity (Wildman–Crippen MR) is 52.4 cm³/mol. The minimum Gasteiger partial charge on any atom is -0.348 e. The molecule has 14 heavy (non-hydrogen) atoms. The van der Waals surface area contributed by atoms with Crippen LogP contribution in [0, 0.1) is 0 Å². The molecule has 6 nitrogen and oxygen atoms in total. The van der Waals surface area contributed by atoms with Crippen molar-refractivity contribution >= 4 is 11.7 Å². The number of rotatable bonds is 3. The lowest BCUT2D eigenvalue weighted by Gasteiger charge is -2.06. The second-order valence-corrected chi connectivity index (χ2v) is 3.08. The van der Waals surface area contributed by atoms with Crippen LogP contribution >= 0.6 is 0 Å². The molecule has 0 aliphatic rings. The van der Waals surface area contributed by atoms with Gasteiger partial charge in [-0.3, -0.25) is 4.79 Å². The summed E-state index contributed by atoms with van der Waals surface area (Å²) in [4.78, 5) is 11.4. The van der Waals surface area contributed by atoms with Crippen molar-refractivity contribution in [2.24, 2.45) is 5.84 Å². The molecule has 0 unspecified atom stereocenters. The van der Waals surface area contributed by atoms with E-state index in [1.54, 1.807) is 12.1 Å². The Labute approximate surface area is 81.9 Å². The van der Waals surface area contributed by atoms with Gasteiger partial charge in [-0.05, 0) is 26.0 Å². The number of carbonyl (C=O) groups excluding carboxylic acids is 1. The molecule has 1 amide bonds. The highest BCUT2D eigenvalue weighted by Crippen LogP contribution is 1.99. The van der Waals surface area contributed by atoms with Crippen molar-refractivity contribution in [1.82, 2.24) is 15.5 Å². The van der Waals surface area contributed by atoms with E-state index < -0.39 is 0 Å². The highest BCUT2D eigenvalue weighted by Gasteiger charge is 2.08. The average molecular weight is 195 g/mol. The van der Waals surface area contributed by atoms with Gasteiger partial charge in [-0.1, -0.05) is 0 Å². The molecule has 0 atom stereocenters. The first-order valence-electron chi connectivity index (χ1n) is 4.24. The Morgan fingerprint density at radius 1 is 1.43 bits per heavy atom. The molecule has 1 aromatic rings. The van der Waals surface area contributed by atoms with Crippen LogP contribution in [0.2, 0.25) is 0 Å². The lowest BCUT2D eigenvalue weighted by atomic mass is 10.3. The first-order chi connectivity index (χ1) is 6.63. The van der Waals surface area contributed by atoms with Gasteiger partial charge in [-0.25, -0.2) is 5.84 Å². The fourth-order valence-corrected chi connectivity index (χ4v) is 0.866. The number of nitrogens with one attached hydrogen (secondary N) is 2. The molecule has 4 N–H and O–H groups in total. The van der Waals surface area contributed by atoms with Crippen molar-refractivity contribution in [2.45, 2.75) is 19.9 Å². The molecule has 6 heteroatoms. The highest BCUT2D eigenvalue weighted by molar-refractivity contribution is 5.92. The van der Waals surface area contributed by atoms with Crippen molar-refractivity contribution in [3.05, 3.63) is 17.8 Å². The van der Waals surface area contributed by atoms with Gasteiger partial charge in [0, 0.05) is 6.04 Å². The van der Waals surface area contributed by atoms with Crippen LogP contribution in [-0.4, -0.2) is 22.1 Å². The van der Waals surface area contributed by atoms with E-state index in [1.165, 1.54) is 0 Å². The monoisotopic (exact) mass is 195 g/mol. The third-order valence-corrected chi connectivity index (χ3v) is 1.46. The van der Waals surface area contributed by atoms with Gasteiger partial charge < -0.3 is 10.7 Å². The number of amides is 1. The Hall–Kier alpha value is -1.69. The van der Waals surface area contributed by atoms with E-state index in [9.17, 15) is 4.79 Å². The number of hydrazine groups is 1. The standard InChI is InChI=1S/C8H13N5O/c1-5(2)10-8(14)6-3-4-7(11-9)13-12-6/h3-5H,9H2,1-2H3,(H,10,14)(H,11,13). The maximum atomic E-state index is 11.4. The minimum absolute atomic E-state index is 0.0802. The predicted octanol–water partition coefficient (Wildman–Crippen LogP) is -0.0996. The van der Waals surface area contributed by atoms with Crippen molar-refractivity contribution in [1.29, 1.82) is 0 Å². The van der Waals surface area contributed by atoms with Gasteiger partial charge in [0.05, 0.1) is 0 Å². The van der Waals surface area contributed by atoms with Crippen molar-refractivity contribution in [2.75, 3.05) is 5.43 Å². The number of nitrogens with zero attached hydrogens (tertiary/aromatic N) is 2. The summed E-state index contributed by atoms with van der Waals surface area (Å²) in [5.41, 5.74) is 2.60. The molecule has 0 aliphatic heterocycles. The van der Waals surface area contributed by atoms with Crippen LogP contribution in [0.1, 0.15) is 24.3 Å². The topological polar surface area (TPSA) is 92.9 Å². The summed E-state index contributed by atoms with van der Waals surface area (Å²) < 4.78 is 0. The molecule has 0 radical (unpaired) electrons. The Morgan fingerprint density at radius 2 is 2.14 bits per heavy atom. The normalized spacial score (nSPS) is 10.0. The molecular formula is C8H13N5O. The van der Waals surface area contributed by atoms with Crippen molar-refractivity contribution in [3.8, 4) is 0 Å². The Morgan fingerprint density at radius 3 is 2.57 bits per heavy atom. The zero-order valence-corrected chi connectivity index (χ0v) is 8.11. The molecular weight excluding hydrogens is 182 g/mol. The van der Waals surface area contributed by atoms with Crippen LogP contribution in [0.15, 0.2) is 12.1 Å². The summed E-state index contributed by atoms with van der Waals surface area (Å²) in [6.45, 7) is 3.75. The zero-order valence-electron chi connectivity index (χ0n) is 8.11. The van der Waals surface area contributed by atoms with E-state index in [-0.39, 0.29) is 17.6 Å². The smallest absolute Gasteiger partial charge is 0.271 e. The van der Waals surface area contributed by atoms with Crippen LogP contribution < -0.4 is 16.6 Å². The van der Waals surface area contributed by atoms with Gasteiger partial charge in [-0.2, -0.15) is 0 Å². The van der Waals surface area contributed by atoms with Gasteiger partial charge in [0.2, 0.25) is 0 Å². The molecule has 0 fully saturated rings. The first-order valence-corrected chi connectivity index (χ1v) is 4.24. The highest BCUT2D eigenvalue weighted by atomic mass is 16.1. The van der Waals surface area contributed by atoms with Crippen LogP contribution in [0.5, 0.6) is 0 Å². The number of hydrogen-bond donors (Lipinski definition) is 3. The molecule has 1 heterocycles. The van der Waals surface area contributed by atoms with Crippen LogP contribution in [-0.2, 0) is 0 Å². The largest absolute Gasteiger partial charge is 0.348 e. The van der Waals surface area contributed by atoms with E-state index in [0.717, 1.165) is 0 Å². The minimum atomic E-state index is -0.240. The van der Waals surface area contributed by atoms with Gasteiger partial charge in [0.25, 0.3) is 5.91 Å². The van der Waals surface area contributed by atoms with E-state index in [4.69, 9.17) is 5.84 Å². The second-order valence-electron chi connectivity index (χ2n) is 3.08. The van der Waals surface area contributed by atoms with Crippen LogP contribution in [0.25, 0.3) is 0 Å². The Kier molecular flexibility index (Phi) is 3.35. The molecule has 0 spiro atoms. The lowest BCUT2D eigenvalue weighted by Crippen LogP contribution is -2.31. The summed E-state index contributed by atoms with van der Waals surface area (Å²) in [7, 11) is 0. The maximum absolute atomic E-state index is 11.4. The number of nitrogen functional groups attached to an aromatic ring is 1. The van der Waals surface area contributed by atoms with Gasteiger partial charge in [0.1, 0.15) is 0 Å². The fraction of sp³-hybridized carbons (Fsp3) is 0.375. The molecule has 0 saturated carbocycles. The molecule has 76 valence electrons. The number of hydrogen-bond acceptors (Lipinski definition) is 5. The molecule has 1 rings (SSSR count). The van der Waals surface area contributed by atoms with Crippen molar-refractivity contribution in [3.63, 3.8) is 0 Å². The Bertz CT molecular complexity index is 308. The number of aromatic nitrogens is 2. The molecule has 0 aliphatic carbocycles. The molecule has 0 aromatic carbocycles. The van der Waals surface area contributed by atoms with Crippen molar-refractivity contribution < 1.29 is 4.79 Å². The van der Waals surface area contributed by atoms with Gasteiger partial charge in [-0.15, -0.1) is 10.2 Å². The third kappa shape index (κ3) is 2.67. The molecule has 0 saturated heterocycles. The van der Waals surface area contributed by atoms with Crippen LogP contribution in [0.4, 0.5) is 5.82 Å².